The van der Waals surface area contributed by atoms with Gasteiger partial charge in [0.2, 0.25) is 0 Å². The summed E-state index contributed by atoms with van der Waals surface area (Å²) >= 11 is 10.9. The molecular formula is C8H3Cl2F3N2O3. The highest BCUT2D eigenvalue weighted by atomic mass is 35.5. The van der Waals surface area contributed by atoms with Gasteiger partial charge in [-0.2, -0.15) is 13.2 Å². The van der Waals surface area contributed by atoms with Crippen LogP contribution in [0, 0.1) is 0 Å². The number of aromatic nitrogens is 1. The molecule has 1 rings (SSSR count). The largest absolute Gasteiger partial charge is 0.478 e. The number of halogens is 5. The molecule has 0 radical (unpaired) electrons. The van der Waals surface area contributed by atoms with Gasteiger partial charge in [-0.15, -0.1) is 0 Å². The maximum Gasteiger partial charge on any atom is 0.471 e. The third-order valence-corrected chi connectivity index (χ3v) is 2.45. The Morgan fingerprint density at radius 1 is 1.33 bits per heavy atom. The molecule has 1 aromatic heterocycles. The molecule has 18 heavy (non-hydrogen) atoms. The summed E-state index contributed by atoms with van der Waals surface area (Å²) in [5.41, 5.74) is -1.46. The number of amides is 1. The van der Waals surface area contributed by atoms with E-state index >= 15 is 0 Å². The highest BCUT2D eigenvalue weighted by Gasteiger charge is 2.39. The van der Waals surface area contributed by atoms with E-state index in [1.165, 1.54) is 5.32 Å². The molecule has 10 heteroatoms. The Balaban J connectivity index is 3.22. The number of pyridine rings is 1. The highest BCUT2D eigenvalue weighted by molar-refractivity contribution is 6.43. The molecule has 98 valence electrons. The standard InChI is InChI=1S/C8H3Cl2F3N2O3/c9-4-3(6(16)17)2(1-14-5(4)10)15-7(18)8(11,12)13/h1H,(H,15,18)(H,16,17). The lowest BCUT2D eigenvalue weighted by molar-refractivity contribution is -0.167. The fourth-order valence-corrected chi connectivity index (χ4v) is 1.34. The van der Waals surface area contributed by atoms with Crippen molar-refractivity contribution in [1.29, 1.82) is 0 Å². The van der Waals surface area contributed by atoms with Crippen molar-refractivity contribution in [1.82, 2.24) is 4.98 Å². The van der Waals surface area contributed by atoms with Gasteiger partial charge >= 0.3 is 18.1 Å². The molecule has 0 bridgehead atoms. The van der Waals surface area contributed by atoms with Crippen molar-refractivity contribution >= 4 is 40.8 Å². The van der Waals surface area contributed by atoms with Crippen LogP contribution in [0.5, 0.6) is 0 Å². The minimum absolute atomic E-state index is 0.404. The van der Waals surface area contributed by atoms with E-state index in [-0.39, 0.29) is 0 Å². The zero-order valence-corrected chi connectivity index (χ0v) is 9.69. The zero-order valence-electron chi connectivity index (χ0n) is 8.18. The van der Waals surface area contributed by atoms with Crippen LogP contribution >= 0.6 is 23.2 Å². The Hall–Kier alpha value is -1.54. The number of anilines is 1. The first-order valence-corrected chi connectivity index (χ1v) is 4.85. The number of nitrogens with one attached hydrogen (secondary N) is 1. The van der Waals surface area contributed by atoms with Crippen LogP contribution in [0.2, 0.25) is 10.2 Å². The van der Waals surface area contributed by atoms with Crippen LogP contribution in [0.25, 0.3) is 0 Å². The van der Waals surface area contributed by atoms with Crippen LogP contribution in [0.4, 0.5) is 18.9 Å². The Morgan fingerprint density at radius 2 is 1.89 bits per heavy atom. The molecule has 5 nitrogen and oxygen atoms in total. The third-order valence-electron chi connectivity index (χ3n) is 1.70. The molecule has 0 aromatic carbocycles. The van der Waals surface area contributed by atoms with Gasteiger partial charge in [0.15, 0.2) is 0 Å². The second kappa shape index (κ2) is 4.99. The first-order valence-electron chi connectivity index (χ1n) is 4.10. The number of rotatable bonds is 2. The second-order valence-corrected chi connectivity index (χ2v) is 3.64. The van der Waals surface area contributed by atoms with Crippen molar-refractivity contribution in [3.05, 3.63) is 21.9 Å². The van der Waals surface area contributed by atoms with Crippen molar-refractivity contribution in [3.63, 3.8) is 0 Å². The van der Waals surface area contributed by atoms with Crippen LogP contribution in [0.3, 0.4) is 0 Å². The van der Waals surface area contributed by atoms with Crippen LogP contribution in [-0.2, 0) is 4.79 Å². The maximum atomic E-state index is 12.0. The minimum atomic E-state index is -5.16. The molecule has 2 N–H and O–H groups in total. The topological polar surface area (TPSA) is 79.3 Å². The summed E-state index contributed by atoms with van der Waals surface area (Å²) in [6.07, 6.45) is -4.50. The number of hydrogen-bond donors (Lipinski definition) is 2. The fourth-order valence-electron chi connectivity index (χ4n) is 0.961. The average molecular weight is 303 g/mol. The number of carboxylic acid groups (broad SMARTS) is 1. The number of hydrogen-bond acceptors (Lipinski definition) is 3. The van der Waals surface area contributed by atoms with E-state index in [4.69, 9.17) is 28.3 Å². The minimum Gasteiger partial charge on any atom is -0.478 e. The molecule has 1 heterocycles. The smallest absolute Gasteiger partial charge is 0.471 e. The molecule has 0 aliphatic heterocycles. The van der Waals surface area contributed by atoms with Crippen molar-refractivity contribution in [3.8, 4) is 0 Å². The van der Waals surface area contributed by atoms with Crippen LogP contribution in [0.1, 0.15) is 10.4 Å². The van der Waals surface area contributed by atoms with E-state index in [0.29, 0.717) is 6.20 Å². The van der Waals surface area contributed by atoms with Crippen molar-refractivity contribution in [2.75, 3.05) is 5.32 Å². The van der Waals surface area contributed by atoms with Crippen LogP contribution < -0.4 is 5.32 Å². The maximum absolute atomic E-state index is 12.0. The normalized spacial score (nSPS) is 11.2. The number of carbonyl (C=O) groups excluding carboxylic acids is 1. The predicted octanol–water partition coefficient (Wildman–Crippen LogP) is 2.59. The van der Waals surface area contributed by atoms with Gasteiger partial charge in [0.1, 0.15) is 10.7 Å². The Kier molecular flexibility index (Phi) is 4.02. The Bertz CT molecular complexity index is 519. The van der Waals surface area contributed by atoms with Gasteiger partial charge in [-0.05, 0) is 0 Å². The molecule has 0 saturated carbocycles. The lowest BCUT2D eigenvalue weighted by Gasteiger charge is -2.11. The number of nitrogens with zero attached hydrogens (tertiary/aromatic N) is 1. The molecule has 0 unspecified atom stereocenters. The first kappa shape index (κ1) is 14.5. The van der Waals surface area contributed by atoms with Gasteiger partial charge in [0, 0.05) is 0 Å². The van der Waals surface area contributed by atoms with E-state index < -0.39 is 39.5 Å². The molecule has 1 aromatic rings. The molecule has 0 fully saturated rings. The SMILES string of the molecule is O=C(O)c1c(NC(=O)C(F)(F)F)cnc(Cl)c1Cl. The molecule has 1 amide bonds. The van der Waals surface area contributed by atoms with Crippen molar-refractivity contribution < 1.29 is 27.9 Å². The van der Waals surface area contributed by atoms with E-state index in [0.717, 1.165) is 0 Å². The van der Waals surface area contributed by atoms with Gasteiger partial charge < -0.3 is 10.4 Å². The first-order chi connectivity index (χ1) is 8.14. The predicted molar refractivity (Wildman–Crippen MR) is 55.9 cm³/mol. The van der Waals surface area contributed by atoms with Gasteiger partial charge in [0.25, 0.3) is 0 Å². The van der Waals surface area contributed by atoms with Gasteiger partial charge in [-0.25, -0.2) is 9.78 Å². The second-order valence-electron chi connectivity index (χ2n) is 2.91. The molecule has 0 atom stereocenters. The number of carbonyl (C=O) groups is 2. The summed E-state index contributed by atoms with van der Waals surface area (Å²) in [5, 5.41) is 9.16. The van der Waals surface area contributed by atoms with E-state index in [9.17, 15) is 22.8 Å². The zero-order chi connectivity index (χ0) is 14.1. The van der Waals surface area contributed by atoms with Crippen LogP contribution in [0.15, 0.2) is 6.20 Å². The molecule has 0 spiro atoms. The number of alkyl halides is 3. The Morgan fingerprint density at radius 3 is 2.33 bits per heavy atom. The van der Waals surface area contributed by atoms with Crippen molar-refractivity contribution in [2.24, 2.45) is 0 Å². The summed E-state index contributed by atoms with van der Waals surface area (Å²) in [5.74, 6) is -3.99. The monoisotopic (exact) mass is 302 g/mol. The number of aromatic carboxylic acids is 1. The third kappa shape index (κ3) is 3.02. The van der Waals surface area contributed by atoms with Gasteiger partial charge in [-0.3, -0.25) is 4.79 Å². The van der Waals surface area contributed by atoms with E-state index in [2.05, 4.69) is 4.98 Å². The summed E-state index contributed by atoms with van der Waals surface area (Å²) in [6, 6.07) is 0. The fraction of sp³-hybridized carbons (Fsp3) is 0.125. The van der Waals surface area contributed by atoms with E-state index in [1.54, 1.807) is 0 Å². The Labute approximate surface area is 108 Å². The molecule has 0 aliphatic carbocycles. The van der Waals surface area contributed by atoms with Crippen LogP contribution in [-0.4, -0.2) is 28.1 Å². The lowest BCUT2D eigenvalue weighted by atomic mass is 10.2. The summed E-state index contributed by atoms with van der Waals surface area (Å²) in [7, 11) is 0. The quantitative estimate of drug-likeness (QED) is 0.823. The van der Waals surface area contributed by atoms with Crippen molar-refractivity contribution in [2.45, 2.75) is 6.18 Å². The number of carboxylic acids is 1. The summed E-state index contributed by atoms with van der Waals surface area (Å²) < 4.78 is 36.0. The van der Waals surface area contributed by atoms with Gasteiger partial charge in [-0.1, -0.05) is 23.2 Å². The molecule has 0 saturated heterocycles. The van der Waals surface area contributed by atoms with Gasteiger partial charge in [0.05, 0.1) is 16.9 Å². The molecular weight excluding hydrogens is 300 g/mol. The summed E-state index contributed by atoms with van der Waals surface area (Å²) in [6.45, 7) is 0. The summed E-state index contributed by atoms with van der Waals surface area (Å²) in [4.78, 5) is 24.8. The lowest BCUT2D eigenvalue weighted by Crippen LogP contribution is -2.30. The average Bonchev–Trinajstić information content (AvgIpc) is 2.21. The highest BCUT2D eigenvalue weighted by Crippen LogP contribution is 2.30. The van der Waals surface area contributed by atoms with E-state index in [1.807, 2.05) is 0 Å². The molecule has 0 aliphatic rings.